The molecule has 1 amide bonds. The number of benzene rings is 1. The smallest absolute Gasteiger partial charge is 0.282 e. The molecule has 1 heterocycles. The molecule has 2 rings (SSSR count). The van der Waals surface area contributed by atoms with Crippen LogP contribution in [0.4, 0.5) is 5.69 Å². The van der Waals surface area contributed by atoms with Gasteiger partial charge in [0.15, 0.2) is 0 Å². The zero-order chi connectivity index (χ0) is 15.2. The first-order chi connectivity index (χ1) is 10.1. The molecule has 0 bridgehead atoms. The third-order valence-corrected chi connectivity index (χ3v) is 2.78. The summed E-state index contributed by atoms with van der Waals surface area (Å²) in [5.41, 5.74) is -0.500. The van der Waals surface area contributed by atoms with Gasteiger partial charge in [0.25, 0.3) is 17.2 Å². The minimum atomic E-state index is -0.611. The number of hydrogen-bond acceptors (Lipinski definition) is 5. The van der Waals surface area contributed by atoms with Crippen LogP contribution in [0.25, 0.3) is 0 Å². The molecule has 0 aliphatic heterocycles. The SMILES string of the molecule is O=C(NCCn1cnccc1=O)c1ccccc1[N+](=O)[O-]. The van der Waals surface area contributed by atoms with Crippen molar-refractivity contribution >= 4 is 11.6 Å². The number of carbonyl (C=O) groups excluding carboxylic acids is 1. The number of nitro groups is 1. The molecule has 8 heteroatoms. The van der Waals surface area contributed by atoms with Crippen LogP contribution in [0.2, 0.25) is 0 Å². The van der Waals surface area contributed by atoms with Gasteiger partial charge < -0.3 is 5.32 Å². The van der Waals surface area contributed by atoms with Crippen LogP contribution in [0.15, 0.2) is 47.7 Å². The van der Waals surface area contributed by atoms with E-state index in [-0.39, 0.29) is 29.9 Å². The maximum Gasteiger partial charge on any atom is 0.282 e. The second kappa shape index (κ2) is 6.42. The first-order valence-corrected chi connectivity index (χ1v) is 6.11. The van der Waals surface area contributed by atoms with Crippen molar-refractivity contribution < 1.29 is 9.72 Å². The zero-order valence-corrected chi connectivity index (χ0v) is 10.9. The second-order valence-corrected chi connectivity index (χ2v) is 4.14. The van der Waals surface area contributed by atoms with Gasteiger partial charge in [-0.15, -0.1) is 0 Å². The first kappa shape index (κ1) is 14.4. The van der Waals surface area contributed by atoms with Gasteiger partial charge in [0.2, 0.25) is 0 Å². The number of nitrogens with zero attached hydrogens (tertiary/aromatic N) is 3. The fourth-order valence-corrected chi connectivity index (χ4v) is 1.76. The molecule has 0 radical (unpaired) electrons. The predicted octanol–water partition coefficient (Wildman–Crippen LogP) is 0.581. The van der Waals surface area contributed by atoms with E-state index in [9.17, 15) is 19.7 Å². The Morgan fingerprint density at radius 1 is 1.33 bits per heavy atom. The van der Waals surface area contributed by atoms with Gasteiger partial charge in [0.1, 0.15) is 5.56 Å². The number of nitrogens with one attached hydrogen (secondary N) is 1. The summed E-state index contributed by atoms with van der Waals surface area (Å²) in [7, 11) is 0. The lowest BCUT2D eigenvalue weighted by Gasteiger charge is -2.07. The van der Waals surface area contributed by atoms with Crippen molar-refractivity contribution in [2.24, 2.45) is 0 Å². The molecule has 0 aliphatic carbocycles. The van der Waals surface area contributed by atoms with Gasteiger partial charge in [-0.1, -0.05) is 12.1 Å². The van der Waals surface area contributed by atoms with E-state index in [0.717, 1.165) is 0 Å². The molecule has 1 aromatic carbocycles. The van der Waals surface area contributed by atoms with Crippen LogP contribution in [0.5, 0.6) is 0 Å². The Morgan fingerprint density at radius 3 is 2.81 bits per heavy atom. The van der Waals surface area contributed by atoms with Gasteiger partial charge in [-0.2, -0.15) is 0 Å². The number of aromatic nitrogens is 2. The monoisotopic (exact) mass is 288 g/mol. The molecule has 0 fully saturated rings. The number of rotatable bonds is 5. The van der Waals surface area contributed by atoms with Gasteiger partial charge in [0.05, 0.1) is 11.3 Å². The number of carbonyl (C=O) groups is 1. The highest BCUT2D eigenvalue weighted by Crippen LogP contribution is 2.16. The minimum Gasteiger partial charge on any atom is -0.350 e. The summed E-state index contributed by atoms with van der Waals surface area (Å²) < 4.78 is 1.33. The lowest BCUT2D eigenvalue weighted by Crippen LogP contribution is -2.30. The molecule has 0 saturated carbocycles. The molecule has 108 valence electrons. The van der Waals surface area contributed by atoms with Crippen LogP contribution in [0, 0.1) is 10.1 Å². The quantitative estimate of drug-likeness (QED) is 0.639. The molecule has 0 spiro atoms. The van der Waals surface area contributed by atoms with Crippen molar-refractivity contribution in [2.75, 3.05) is 6.54 Å². The van der Waals surface area contributed by atoms with Crippen molar-refractivity contribution in [3.8, 4) is 0 Å². The van der Waals surface area contributed by atoms with E-state index in [1.807, 2.05) is 0 Å². The van der Waals surface area contributed by atoms with Gasteiger partial charge in [0, 0.05) is 31.4 Å². The summed E-state index contributed by atoms with van der Waals surface area (Å²) in [4.78, 5) is 37.4. The fourth-order valence-electron chi connectivity index (χ4n) is 1.76. The van der Waals surface area contributed by atoms with Crippen molar-refractivity contribution in [3.63, 3.8) is 0 Å². The van der Waals surface area contributed by atoms with Crippen LogP contribution in [-0.4, -0.2) is 26.9 Å². The Labute approximate surface area is 119 Å². The maximum atomic E-state index is 11.9. The number of hydrogen-bond donors (Lipinski definition) is 1. The molecule has 0 aliphatic rings. The Balaban J connectivity index is 2.02. The van der Waals surface area contributed by atoms with E-state index >= 15 is 0 Å². The Morgan fingerprint density at radius 2 is 2.10 bits per heavy atom. The van der Waals surface area contributed by atoms with E-state index in [1.54, 1.807) is 6.07 Å². The van der Waals surface area contributed by atoms with E-state index in [0.29, 0.717) is 0 Å². The standard InChI is InChI=1S/C13H12N4O4/c18-12-5-6-14-9-16(12)8-7-15-13(19)10-3-1-2-4-11(10)17(20)21/h1-6,9H,7-8H2,(H,15,19). The average molecular weight is 288 g/mol. The second-order valence-electron chi connectivity index (χ2n) is 4.14. The minimum absolute atomic E-state index is 0.0129. The highest BCUT2D eigenvalue weighted by Gasteiger charge is 2.18. The normalized spacial score (nSPS) is 10.1. The predicted molar refractivity (Wildman–Crippen MR) is 73.9 cm³/mol. The summed E-state index contributed by atoms with van der Waals surface area (Å²) in [6.07, 6.45) is 2.74. The summed E-state index contributed by atoms with van der Waals surface area (Å²) in [6, 6.07) is 6.99. The van der Waals surface area contributed by atoms with Crippen LogP contribution >= 0.6 is 0 Å². The summed E-state index contributed by atoms with van der Waals surface area (Å²) in [5.74, 6) is -0.556. The van der Waals surface area contributed by atoms with Crippen LogP contribution in [0.3, 0.4) is 0 Å². The molecule has 0 unspecified atom stereocenters. The molecule has 0 saturated heterocycles. The fraction of sp³-hybridized carbons (Fsp3) is 0.154. The van der Waals surface area contributed by atoms with E-state index in [1.165, 1.54) is 41.4 Å². The molecule has 8 nitrogen and oxygen atoms in total. The van der Waals surface area contributed by atoms with Crippen molar-refractivity contribution in [3.05, 3.63) is 68.9 Å². The molecule has 0 atom stereocenters. The third-order valence-electron chi connectivity index (χ3n) is 2.78. The van der Waals surface area contributed by atoms with Gasteiger partial charge in [-0.3, -0.25) is 24.3 Å². The molecule has 1 N–H and O–H groups in total. The summed E-state index contributed by atoms with van der Waals surface area (Å²) in [5, 5.41) is 13.4. The Bertz CT molecular complexity index is 726. The molecule has 21 heavy (non-hydrogen) atoms. The number of amides is 1. The molecular formula is C13H12N4O4. The van der Waals surface area contributed by atoms with Crippen molar-refractivity contribution in [1.29, 1.82) is 0 Å². The third kappa shape index (κ3) is 3.50. The lowest BCUT2D eigenvalue weighted by molar-refractivity contribution is -0.385. The molecule has 2 aromatic rings. The van der Waals surface area contributed by atoms with Crippen molar-refractivity contribution in [2.45, 2.75) is 6.54 Å². The van der Waals surface area contributed by atoms with E-state index in [2.05, 4.69) is 10.3 Å². The van der Waals surface area contributed by atoms with Crippen LogP contribution in [0.1, 0.15) is 10.4 Å². The van der Waals surface area contributed by atoms with E-state index < -0.39 is 10.8 Å². The average Bonchev–Trinajstić information content (AvgIpc) is 2.49. The lowest BCUT2D eigenvalue weighted by atomic mass is 10.1. The Kier molecular flexibility index (Phi) is 4.39. The molecular weight excluding hydrogens is 276 g/mol. The highest BCUT2D eigenvalue weighted by atomic mass is 16.6. The molecule has 1 aromatic heterocycles. The topological polar surface area (TPSA) is 107 Å². The number of nitro benzene ring substituents is 1. The van der Waals surface area contributed by atoms with Crippen LogP contribution < -0.4 is 10.9 Å². The van der Waals surface area contributed by atoms with Crippen LogP contribution in [-0.2, 0) is 6.54 Å². The van der Waals surface area contributed by atoms with E-state index in [4.69, 9.17) is 0 Å². The van der Waals surface area contributed by atoms with Gasteiger partial charge in [-0.25, -0.2) is 4.98 Å². The summed E-state index contributed by atoms with van der Waals surface area (Å²) >= 11 is 0. The first-order valence-electron chi connectivity index (χ1n) is 6.11. The summed E-state index contributed by atoms with van der Waals surface area (Å²) in [6.45, 7) is 0.398. The largest absolute Gasteiger partial charge is 0.350 e. The van der Waals surface area contributed by atoms with Gasteiger partial charge in [-0.05, 0) is 6.07 Å². The number of para-hydroxylation sites is 1. The Hall–Kier alpha value is -3.03. The maximum absolute atomic E-state index is 11.9. The van der Waals surface area contributed by atoms with Crippen molar-refractivity contribution in [1.82, 2.24) is 14.9 Å². The highest BCUT2D eigenvalue weighted by molar-refractivity contribution is 5.98. The van der Waals surface area contributed by atoms with Gasteiger partial charge >= 0.3 is 0 Å². The zero-order valence-electron chi connectivity index (χ0n) is 10.9.